The molecule has 5 aromatic carbocycles. The van der Waals surface area contributed by atoms with Gasteiger partial charge in [-0.1, -0.05) is 158 Å². The van der Waals surface area contributed by atoms with E-state index in [4.69, 9.17) is 25.4 Å². The van der Waals surface area contributed by atoms with Crippen LogP contribution in [-0.4, -0.2) is 42.2 Å². The summed E-state index contributed by atoms with van der Waals surface area (Å²) in [6.45, 7) is 0.775. The van der Waals surface area contributed by atoms with E-state index in [2.05, 4.69) is 42.3 Å². The van der Waals surface area contributed by atoms with Gasteiger partial charge >= 0.3 is 0 Å². The van der Waals surface area contributed by atoms with Crippen LogP contribution in [0.4, 0.5) is 0 Å². The molecule has 0 bridgehead atoms. The van der Waals surface area contributed by atoms with Gasteiger partial charge in [0.2, 0.25) is 0 Å². The quantitative estimate of drug-likeness (QED) is 0.116. The fraction of sp³-hybridized carbons (Fsp3) is 0.220. The second-order valence-electron chi connectivity index (χ2n) is 11.4. The van der Waals surface area contributed by atoms with E-state index in [0.29, 0.717) is 13.2 Å². The van der Waals surface area contributed by atoms with Crippen molar-refractivity contribution in [3.05, 3.63) is 179 Å². The van der Waals surface area contributed by atoms with Gasteiger partial charge in [-0.25, -0.2) is 0 Å². The molecular formula is C41H38O5. The van der Waals surface area contributed by atoms with E-state index in [9.17, 15) is 5.11 Å². The van der Waals surface area contributed by atoms with Gasteiger partial charge in [0, 0.05) is 0 Å². The van der Waals surface area contributed by atoms with Crippen molar-refractivity contribution in [2.24, 2.45) is 0 Å². The van der Waals surface area contributed by atoms with Gasteiger partial charge in [0.1, 0.15) is 36.1 Å². The highest BCUT2D eigenvalue weighted by molar-refractivity contribution is 5.47. The predicted octanol–water partition coefficient (Wildman–Crippen LogP) is 6.93. The minimum Gasteiger partial charge on any atom is -0.378 e. The summed E-state index contributed by atoms with van der Waals surface area (Å²) in [6, 6.07) is 50.4. The molecule has 5 atom stereocenters. The first-order valence-electron chi connectivity index (χ1n) is 15.6. The van der Waals surface area contributed by atoms with Crippen LogP contribution in [0.3, 0.4) is 0 Å². The molecule has 0 unspecified atom stereocenters. The molecule has 1 saturated heterocycles. The average Bonchev–Trinajstić information content (AvgIpc) is 3.49. The van der Waals surface area contributed by atoms with Crippen molar-refractivity contribution in [1.82, 2.24) is 0 Å². The van der Waals surface area contributed by atoms with Crippen LogP contribution in [0.5, 0.6) is 0 Å². The number of benzene rings is 5. The first-order chi connectivity index (χ1) is 22.7. The lowest BCUT2D eigenvalue weighted by Gasteiger charge is -2.37. The normalized spacial score (nSPS) is 20.2. The number of ether oxygens (including phenoxy) is 4. The molecule has 46 heavy (non-hydrogen) atoms. The fourth-order valence-electron chi connectivity index (χ4n) is 6.14. The fourth-order valence-corrected chi connectivity index (χ4v) is 6.14. The molecule has 6 rings (SSSR count). The molecule has 5 nitrogen and oxygen atoms in total. The Labute approximate surface area is 271 Å². The molecule has 0 amide bonds. The molecule has 0 spiro atoms. The zero-order valence-electron chi connectivity index (χ0n) is 25.6. The van der Waals surface area contributed by atoms with Crippen LogP contribution in [-0.2, 0) is 37.8 Å². The summed E-state index contributed by atoms with van der Waals surface area (Å²) < 4.78 is 26.8. The van der Waals surface area contributed by atoms with Gasteiger partial charge in [-0.15, -0.1) is 6.42 Å². The molecule has 1 N–H and O–H groups in total. The summed E-state index contributed by atoms with van der Waals surface area (Å²) >= 11 is 0. The molecule has 0 aliphatic carbocycles. The Bertz CT molecular complexity index is 1560. The monoisotopic (exact) mass is 610 g/mol. The van der Waals surface area contributed by atoms with Crippen molar-refractivity contribution in [1.29, 1.82) is 0 Å². The molecule has 1 aliphatic heterocycles. The van der Waals surface area contributed by atoms with Crippen molar-refractivity contribution >= 4 is 0 Å². The second-order valence-corrected chi connectivity index (χ2v) is 11.4. The van der Waals surface area contributed by atoms with E-state index >= 15 is 0 Å². The lowest BCUT2D eigenvalue weighted by Crippen LogP contribution is -2.43. The third kappa shape index (κ3) is 6.98. The number of aliphatic hydroxyl groups excluding tert-OH is 1. The standard InChI is InChI=1S/C41H38O5/c1-2-36(42)38-40(44-29-32-20-10-4-11-21-32)39(43-28-31-18-8-3-9-19-31)37(46-38)30-45-41(33-22-12-5-13-23-33,34-24-14-6-15-25-34)35-26-16-7-17-27-35/h1,3-27,36-40,42H,28-30H2/t36-,37-,38-,39-,40-/m1/s1. The summed E-state index contributed by atoms with van der Waals surface area (Å²) in [5.74, 6) is 2.45. The number of rotatable bonds is 13. The van der Waals surface area contributed by atoms with Crippen molar-refractivity contribution in [2.45, 2.75) is 49.3 Å². The van der Waals surface area contributed by atoms with Crippen molar-refractivity contribution in [2.75, 3.05) is 6.61 Å². The Morgan fingerprint density at radius 1 is 0.609 bits per heavy atom. The first-order valence-corrected chi connectivity index (χ1v) is 15.6. The van der Waals surface area contributed by atoms with E-state index in [1.165, 1.54) is 0 Å². The number of terminal acetylenes is 1. The lowest BCUT2D eigenvalue weighted by molar-refractivity contribution is -0.106. The van der Waals surface area contributed by atoms with Gasteiger partial charge in [0.05, 0.1) is 19.8 Å². The maximum absolute atomic E-state index is 11.0. The highest BCUT2D eigenvalue weighted by Crippen LogP contribution is 2.42. The second kappa shape index (κ2) is 15.2. The van der Waals surface area contributed by atoms with Gasteiger partial charge in [0.15, 0.2) is 0 Å². The van der Waals surface area contributed by atoms with Gasteiger partial charge in [0.25, 0.3) is 0 Å². The van der Waals surface area contributed by atoms with Gasteiger partial charge in [-0.05, 0) is 27.8 Å². The minimum absolute atomic E-state index is 0.136. The molecule has 1 heterocycles. The molecule has 1 fully saturated rings. The molecule has 0 aromatic heterocycles. The Morgan fingerprint density at radius 3 is 1.41 bits per heavy atom. The third-order valence-electron chi connectivity index (χ3n) is 8.40. The average molecular weight is 611 g/mol. The summed E-state index contributed by atoms with van der Waals surface area (Å²) in [7, 11) is 0. The maximum Gasteiger partial charge on any atom is 0.143 e. The number of hydrogen-bond acceptors (Lipinski definition) is 5. The van der Waals surface area contributed by atoms with Crippen molar-refractivity contribution in [3.63, 3.8) is 0 Å². The van der Waals surface area contributed by atoms with E-state index in [1.807, 2.05) is 115 Å². The van der Waals surface area contributed by atoms with E-state index in [1.54, 1.807) is 0 Å². The molecule has 1 aliphatic rings. The van der Waals surface area contributed by atoms with Crippen molar-refractivity contribution < 1.29 is 24.1 Å². The highest BCUT2D eigenvalue weighted by Gasteiger charge is 2.50. The lowest BCUT2D eigenvalue weighted by atomic mass is 9.80. The van der Waals surface area contributed by atoms with E-state index < -0.39 is 36.1 Å². The van der Waals surface area contributed by atoms with E-state index in [-0.39, 0.29) is 6.61 Å². The molecular weight excluding hydrogens is 572 g/mol. The highest BCUT2D eigenvalue weighted by atomic mass is 16.6. The smallest absolute Gasteiger partial charge is 0.143 e. The van der Waals surface area contributed by atoms with Crippen LogP contribution in [0, 0.1) is 12.3 Å². The van der Waals surface area contributed by atoms with E-state index in [0.717, 1.165) is 27.8 Å². The minimum atomic E-state index is -1.20. The largest absolute Gasteiger partial charge is 0.378 e. The first kappa shape index (κ1) is 31.4. The van der Waals surface area contributed by atoms with Gasteiger partial charge in [-0.2, -0.15) is 0 Å². The summed E-state index contributed by atoms with van der Waals surface area (Å²) in [4.78, 5) is 0. The third-order valence-corrected chi connectivity index (χ3v) is 8.40. The van der Waals surface area contributed by atoms with Gasteiger partial charge in [-0.3, -0.25) is 0 Å². The predicted molar refractivity (Wildman–Crippen MR) is 179 cm³/mol. The van der Waals surface area contributed by atoms with Crippen LogP contribution in [0.25, 0.3) is 0 Å². The molecule has 5 heteroatoms. The SMILES string of the molecule is C#C[C@@H](O)[C@H]1O[C@H](COC(c2ccccc2)(c2ccccc2)c2ccccc2)[C@@H](OCc2ccccc2)[C@@H]1OCc1ccccc1. The van der Waals surface area contributed by atoms with Crippen LogP contribution >= 0.6 is 0 Å². The molecule has 0 saturated carbocycles. The molecule has 0 radical (unpaired) electrons. The Kier molecular flexibility index (Phi) is 10.4. The topological polar surface area (TPSA) is 57.2 Å². The molecule has 5 aromatic rings. The summed E-state index contributed by atoms with van der Waals surface area (Å²) in [6.07, 6.45) is 1.89. The van der Waals surface area contributed by atoms with Crippen molar-refractivity contribution in [3.8, 4) is 12.3 Å². The Morgan fingerprint density at radius 2 is 1.00 bits per heavy atom. The Balaban J connectivity index is 1.37. The zero-order valence-corrected chi connectivity index (χ0v) is 25.6. The van der Waals surface area contributed by atoms with Gasteiger partial charge < -0.3 is 24.1 Å². The number of aliphatic hydroxyl groups is 1. The zero-order chi connectivity index (χ0) is 31.6. The maximum atomic E-state index is 11.0. The number of hydrogen-bond donors (Lipinski definition) is 1. The summed E-state index contributed by atoms with van der Waals surface area (Å²) in [5, 5.41) is 11.0. The molecule has 232 valence electrons. The summed E-state index contributed by atoms with van der Waals surface area (Å²) in [5.41, 5.74) is 3.98. The van der Waals surface area contributed by atoms with Crippen LogP contribution < -0.4 is 0 Å². The van der Waals surface area contributed by atoms with Crippen LogP contribution in [0.15, 0.2) is 152 Å². The van der Waals surface area contributed by atoms with Crippen LogP contribution in [0.2, 0.25) is 0 Å². The van der Waals surface area contributed by atoms with Crippen LogP contribution in [0.1, 0.15) is 27.8 Å². The Hall–Kier alpha value is -4.54.